The highest BCUT2D eigenvalue weighted by molar-refractivity contribution is 7.88. The van der Waals surface area contributed by atoms with Crippen LogP contribution in [0.3, 0.4) is 0 Å². The molecule has 45 heavy (non-hydrogen) atoms. The Bertz CT molecular complexity index is 2180. The molecule has 6 aromatic rings. The van der Waals surface area contributed by atoms with Gasteiger partial charge in [0.25, 0.3) is 0 Å². The molecule has 2 aromatic carbocycles. The summed E-state index contributed by atoms with van der Waals surface area (Å²) in [7, 11) is -3.48. The van der Waals surface area contributed by atoms with Crippen LogP contribution in [0.2, 0.25) is 0 Å². The second-order valence-electron chi connectivity index (χ2n) is 10.6. The number of amides is 1. The van der Waals surface area contributed by atoms with Crippen molar-refractivity contribution in [2.45, 2.75) is 32.7 Å². The molecule has 0 spiro atoms. The predicted octanol–water partition coefficient (Wildman–Crippen LogP) is 5.69. The Kier molecular flexibility index (Phi) is 8.08. The van der Waals surface area contributed by atoms with Gasteiger partial charge in [-0.2, -0.15) is 5.10 Å². The summed E-state index contributed by atoms with van der Waals surface area (Å²) in [6.45, 7) is 1.91. The lowest BCUT2D eigenvalue weighted by Gasteiger charge is -2.08. The van der Waals surface area contributed by atoms with Gasteiger partial charge in [-0.3, -0.25) is 19.9 Å². The van der Waals surface area contributed by atoms with Crippen molar-refractivity contribution in [2.75, 3.05) is 11.6 Å². The van der Waals surface area contributed by atoms with E-state index in [-0.39, 0.29) is 18.0 Å². The van der Waals surface area contributed by atoms with Crippen LogP contribution in [0.15, 0.2) is 61.1 Å². The van der Waals surface area contributed by atoms with Gasteiger partial charge in [-0.1, -0.05) is 13.3 Å². The first-order valence-corrected chi connectivity index (χ1v) is 16.0. The largest absolute Gasteiger partial charge is 0.336 e. The Balaban J connectivity index is 1.37. The highest BCUT2D eigenvalue weighted by Gasteiger charge is 2.19. The van der Waals surface area contributed by atoms with Gasteiger partial charge in [0.05, 0.1) is 34.9 Å². The van der Waals surface area contributed by atoms with Crippen molar-refractivity contribution >= 4 is 43.6 Å². The molecule has 230 valence electrons. The van der Waals surface area contributed by atoms with Crippen molar-refractivity contribution in [2.24, 2.45) is 0 Å². The minimum atomic E-state index is -3.48. The van der Waals surface area contributed by atoms with Crippen molar-refractivity contribution in [1.29, 1.82) is 0 Å². The fourth-order valence-corrected chi connectivity index (χ4v) is 5.45. The number of aromatic nitrogens is 6. The van der Waals surface area contributed by atoms with Gasteiger partial charge in [0, 0.05) is 53.5 Å². The molecule has 4 heterocycles. The molecule has 0 radical (unpaired) electrons. The molecule has 0 saturated carbocycles. The van der Waals surface area contributed by atoms with E-state index >= 15 is 4.39 Å². The average Bonchev–Trinajstić information content (AvgIpc) is 3.61. The smallest absolute Gasteiger partial charge is 0.224 e. The van der Waals surface area contributed by atoms with Gasteiger partial charge in [0.1, 0.15) is 22.8 Å². The zero-order chi connectivity index (χ0) is 31.7. The number of hydrogen-bond acceptors (Lipinski definition) is 7. The van der Waals surface area contributed by atoms with Gasteiger partial charge in [-0.05, 0) is 48.4 Å². The number of sulfonamides is 1. The number of imidazole rings is 1. The third-order valence-corrected chi connectivity index (χ3v) is 7.80. The summed E-state index contributed by atoms with van der Waals surface area (Å²) < 4.78 is 55.4. The lowest BCUT2D eigenvalue weighted by Crippen LogP contribution is -2.21. The highest BCUT2D eigenvalue weighted by atomic mass is 32.2. The molecule has 6 rings (SSSR count). The van der Waals surface area contributed by atoms with E-state index in [0.29, 0.717) is 67.9 Å². The number of H-pyrrole nitrogens is 2. The quantitative estimate of drug-likeness (QED) is 0.151. The van der Waals surface area contributed by atoms with Crippen LogP contribution >= 0.6 is 0 Å². The van der Waals surface area contributed by atoms with E-state index in [9.17, 15) is 17.6 Å². The van der Waals surface area contributed by atoms with E-state index in [1.807, 2.05) is 6.92 Å². The number of rotatable bonds is 10. The van der Waals surface area contributed by atoms with E-state index in [1.54, 1.807) is 30.5 Å². The summed E-state index contributed by atoms with van der Waals surface area (Å²) in [4.78, 5) is 28.8. The average molecular weight is 631 g/mol. The first-order valence-electron chi connectivity index (χ1n) is 14.1. The molecule has 0 atom stereocenters. The molecule has 0 aliphatic carbocycles. The summed E-state index contributed by atoms with van der Waals surface area (Å²) in [5, 5.41) is 10.6. The Hall–Kier alpha value is -5.08. The number of unbranched alkanes of at least 4 members (excludes halogenated alkanes) is 1. The first kappa shape index (κ1) is 30.0. The number of benzene rings is 2. The normalized spacial score (nSPS) is 11.8. The monoisotopic (exact) mass is 630 g/mol. The molecule has 1 amide bonds. The SMILES string of the molecule is CCCCC(=O)Nc1cncc(-c2cc3c(-c4nc5c(-c6cc(F)cc(CNS(C)(=O)=O)c6)nccc5[nH]4)n[nH]c3cc2F)c1. The standard InChI is InChI=1S/C31H28F2N8O3S/c1-3-4-5-27(42)37-21-11-19(15-34-16-21)22-12-23-26(13-24(22)33)40-41-29(23)31-38-25-6-7-35-28(30(25)39-31)18-8-17(9-20(32)10-18)14-36-45(2,43)44/h6-13,15-16,36H,3-5,14H2,1-2H3,(H,37,42)(H,38,39)(H,40,41). The van der Waals surface area contributed by atoms with E-state index in [1.165, 1.54) is 30.6 Å². The topological polar surface area (TPSA) is 158 Å². The number of pyridine rings is 2. The van der Waals surface area contributed by atoms with Gasteiger partial charge in [0.2, 0.25) is 15.9 Å². The fraction of sp³-hybridized carbons (Fsp3) is 0.194. The fourth-order valence-electron chi connectivity index (χ4n) is 5.02. The lowest BCUT2D eigenvalue weighted by atomic mass is 10.0. The molecular weight excluding hydrogens is 602 g/mol. The number of nitrogens with zero attached hydrogens (tertiary/aromatic N) is 4. The lowest BCUT2D eigenvalue weighted by molar-refractivity contribution is -0.116. The van der Waals surface area contributed by atoms with Crippen LogP contribution in [-0.4, -0.2) is 50.7 Å². The van der Waals surface area contributed by atoms with Crippen molar-refractivity contribution in [3.05, 3.63) is 78.3 Å². The molecule has 0 aliphatic heterocycles. The number of aromatic amines is 2. The summed E-state index contributed by atoms with van der Waals surface area (Å²) in [6, 6.07) is 10.5. The molecule has 0 bridgehead atoms. The maximum atomic E-state index is 15.3. The molecule has 14 heteroatoms. The van der Waals surface area contributed by atoms with E-state index in [0.717, 1.165) is 19.1 Å². The Morgan fingerprint density at radius 1 is 1.00 bits per heavy atom. The number of carbonyl (C=O) groups excluding carboxylic acids is 1. The van der Waals surface area contributed by atoms with Crippen molar-refractivity contribution < 1.29 is 22.0 Å². The third kappa shape index (κ3) is 6.56. The number of nitrogens with one attached hydrogen (secondary N) is 4. The van der Waals surface area contributed by atoms with Gasteiger partial charge in [-0.25, -0.2) is 26.9 Å². The van der Waals surface area contributed by atoms with Crippen LogP contribution in [0.4, 0.5) is 14.5 Å². The molecule has 0 fully saturated rings. The maximum absolute atomic E-state index is 15.3. The van der Waals surface area contributed by atoms with Crippen molar-refractivity contribution in [1.82, 2.24) is 34.9 Å². The minimum absolute atomic E-state index is 0.0901. The van der Waals surface area contributed by atoms with Crippen LogP contribution in [0.5, 0.6) is 0 Å². The molecule has 4 N–H and O–H groups in total. The van der Waals surface area contributed by atoms with Crippen LogP contribution in [-0.2, 0) is 21.4 Å². The number of halogens is 2. The van der Waals surface area contributed by atoms with Crippen molar-refractivity contribution in [3.8, 4) is 33.9 Å². The van der Waals surface area contributed by atoms with Gasteiger partial charge in [0.15, 0.2) is 5.82 Å². The Morgan fingerprint density at radius 3 is 2.64 bits per heavy atom. The van der Waals surface area contributed by atoms with Gasteiger partial charge >= 0.3 is 0 Å². The predicted molar refractivity (Wildman–Crippen MR) is 167 cm³/mol. The van der Waals surface area contributed by atoms with Crippen LogP contribution in [0.25, 0.3) is 55.8 Å². The summed E-state index contributed by atoms with van der Waals surface area (Å²) >= 11 is 0. The number of hydrogen-bond donors (Lipinski definition) is 4. The van der Waals surface area contributed by atoms with Gasteiger partial charge in [-0.15, -0.1) is 0 Å². The Labute approximate surface area is 256 Å². The second-order valence-corrected chi connectivity index (χ2v) is 12.5. The molecule has 4 aromatic heterocycles. The van der Waals surface area contributed by atoms with Crippen molar-refractivity contribution in [3.63, 3.8) is 0 Å². The highest BCUT2D eigenvalue weighted by Crippen LogP contribution is 2.34. The van der Waals surface area contributed by atoms with E-state index in [2.05, 4.69) is 35.2 Å². The molecule has 11 nitrogen and oxygen atoms in total. The molecular formula is C31H28F2N8O3S. The summed E-state index contributed by atoms with van der Waals surface area (Å²) in [5.41, 5.74) is 4.30. The van der Waals surface area contributed by atoms with Crippen LogP contribution in [0, 0.1) is 11.6 Å². The first-order chi connectivity index (χ1) is 21.6. The molecule has 0 unspecified atom stereocenters. The summed E-state index contributed by atoms with van der Waals surface area (Å²) in [5.74, 6) is -0.826. The zero-order valence-electron chi connectivity index (χ0n) is 24.3. The Morgan fingerprint density at radius 2 is 1.84 bits per heavy atom. The maximum Gasteiger partial charge on any atom is 0.224 e. The van der Waals surface area contributed by atoms with E-state index < -0.39 is 21.7 Å². The second kappa shape index (κ2) is 12.1. The van der Waals surface area contributed by atoms with Crippen LogP contribution < -0.4 is 10.0 Å². The number of anilines is 1. The number of fused-ring (bicyclic) bond motifs is 2. The minimum Gasteiger partial charge on any atom is -0.336 e. The number of carbonyl (C=O) groups is 1. The summed E-state index contributed by atoms with van der Waals surface area (Å²) in [6.07, 6.45) is 7.65. The third-order valence-electron chi connectivity index (χ3n) is 7.14. The zero-order valence-corrected chi connectivity index (χ0v) is 25.1. The van der Waals surface area contributed by atoms with E-state index in [4.69, 9.17) is 4.98 Å². The van der Waals surface area contributed by atoms with Gasteiger partial charge < -0.3 is 10.3 Å². The molecule has 0 aliphatic rings. The van der Waals surface area contributed by atoms with Crippen LogP contribution in [0.1, 0.15) is 31.7 Å². The molecule has 0 saturated heterocycles.